The van der Waals surface area contributed by atoms with Crippen LogP contribution in [-0.4, -0.2) is 17.0 Å². The highest BCUT2D eigenvalue weighted by Gasteiger charge is 2.13. The average molecular weight is 268 g/mol. The molecule has 7 heteroatoms. The second-order valence-corrected chi connectivity index (χ2v) is 4.09. The minimum Gasteiger partial charge on any atom is -0.467 e. The van der Waals surface area contributed by atoms with Gasteiger partial charge in [-0.2, -0.15) is 0 Å². The molecule has 18 heavy (non-hydrogen) atoms. The van der Waals surface area contributed by atoms with Crippen LogP contribution in [0.5, 0.6) is 0 Å². The highest BCUT2D eigenvalue weighted by Crippen LogP contribution is 2.23. The Kier molecular flexibility index (Phi) is 3.47. The number of hydrogen-bond acceptors (Lipinski definition) is 5. The smallest absolute Gasteiger partial charge is 0.276 e. The van der Waals surface area contributed by atoms with Gasteiger partial charge in [0, 0.05) is 7.05 Å². The lowest BCUT2D eigenvalue weighted by Gasteiger charge is -2.16. The zero-order valence-corrected chi connectivity index (χ0v) is 10.3. The van der Waals surface area contributed by atoms with Gasteiger partial charge in [-0.1, -0.05) is 11.6 Å². The minimum atomic E-state index is -0.502. The maximum Gasteiger partial charge on any atom is 0.276 e. The third-order valence-corrected chi connectivity index (χ3v) is 2.53. The molecule has 0 unspecified atom stereocenters. The maximum absolute atomic E-state index is 10.7. The lowest BCUT2D eigenvalue weighted by atomic mass is 10.3. The van der Waals surface area contributed by atoms with Gasteiger partial charge in [0.1, 0.15) is 16.7 Å². The Hall–Kier alpha value is -2.08. The molecular formula is C11H10ClN3O3. The lowest BCUT2D eigenvalue weighted by molar-refractivity contribution is -0.384. The molecule has 94 valence electrons. The van der Waals surface area contributed by atoms with Gasteiger partial charge in [-0.3, -0.25) is 10.1 Å². The Morgan fingerprint density at radius 3 is 2.94 bits per heavy atom. The molecule has 0 spiro atoms. The number of pyridine rings is 1. The second-order valence-electron chi connectivity index (χ2n) is 3.70. The number of nitro groups is 1. The third-order valence-electron chi connectivity index (χ3n) is 2.34. The SMILES string of the molecule is CN(Cc1ccco1)c1cc([N+](=O)[O-])cc(Cl)n1. The van der Waals surface area contributed by atoms with Crippen LogP contribution in [0.2, 0.25) is 5.15 Å². The topological polar surface area (TPSA) is 72.4 Å². The van der Waals surface area contributed by atoms with Gasteiger partial charge in [-0.25, -0.2) is 4.98 Å². The fourth-order valence-electron chi connectivity index (χ4n) is 1.49. The summed E-state index contributed by atoms with van der Waals surface area (Å²) in [4.78, 5) is 16.0. The van der Waals surface area contributed by atoms with E-state index >= 15 is 0 Å². The molecule has 0 bridgehead atoms. The van der Waals surface area contributed by atoms with Crippen molar-refractivity contribution in [1.29, 1.82) is 0 Å². The van der Waals surface area contributed by atoms with E-state index in [1.165, 1.54) is 12.1 Å². The van der Waals surface area contributed by atoms with Crippen LogP contribution in [0.1, 0.15) is 5.76 Å². The number of aromatic nitrogens is 1. The third kappa shape index (κ3) is 2.78. The number of rotatable bonds is 4. The largest absolute Gasteiger partial charge is 0.467 e. The molecule has 0 aliphatic heterocycles. The van der Waals surface area contributed by atoms with Crippen LogP contribution in [0.15, 0.2) is 34.9 Å². The van der Waals surface area contributed by atoms with Crippen molar-refractivity contribution in [2.75, 3.05) is 11.9 Å². The monoisotopic (exact) mass is 267 g/mol. The van der Waals surface area contributed by atoms with Crippen molar-refractivity contribution in [3.63, 3.8) is 0 Å². The molecule has 0 saturated heterocycles. The van der Waals surface area contributed by atoms with E-state index in [2.05, 4.69) is 4.98 Å². The summed E-state index contributed by atoms with van der Waals surface area (Å²) in [6, 6.07) is 6.17. The summed E-state index contributed by atoms with van der Waals surface area (Å²) in [5, 5.41) is 10.8. The maximum atomic E-state index is 10.7. The fraction of sp³-hybridized carbons (Fsp3) is 0.182. The van der Waals surface area contributed by atoms with Gasteiger partial charge in [-0.05, 0) is 12.1 Å². The standard InChI is InChI=1S/C11H10ClN3O3/c1-14(7-9-3-2-4-18-9)11-6-8(15(16)17)5-10(12)13-11/h2-6H,7H2,1H3. The van der Waals surface area contributed by atoms with Crippen molar-refractivity contribution in [1.82, 2.24) is 4.98 Å². The Morgan fingerprint density at radius 2 is 2.33 bits per heavy atom. The first kappa shape index (κ1) is 12.4. The number of halogens is 1. The zero-order chi connectivity index (χ0) is 13.1. The van der Waals surface area contributed by atoms with Gasteiger partial charge in [0.25, 0.3) is 5.69 Å². The van der Waals surface area contributed by atoms with E-state index in [1.54, 1.807) is 24.3 Å². The van der Waals surface area contributed by atoms with Crippen molar-refractivity contribution < 1.29 is 9.34 Å². The second kappa shape index (κ2) is 5.05. The quantitative estimate of drug-likeness (QED) is 0.484. The molecular weight excluding hydrogens is 258 g/mol. The molecule has 2 heterocycles. The minimum absolute atomic E-state index is 0.0868. The first-order chi connectivity index (χ1) is 8.56. The molecule has 0 aliphatic rings. The van der Waals surface area contributed by atoms with Crippen molar-refractivity contribution in [2.24, 2.45) is 0 Å². The Bertz CT molecular complexity index is 557. The number of furan rings is 1. The van der Waals surface area contributed by atoms with Gasteiger partial charge in [-0.15, -0.1) is 0 Å². The Morgan fingerprint density at radius 1 is 1.56 bits per heavy atom. The normalized spacial score (nSPS) is 10.3. The summed E-state index contributed by atoms with van der Waals surface area (Å²) in [5.41, 5.74) is -0.0868. The van der Waals surface area contributed by atoms with Crippen LogP contribution in [0.4, 0.5) is 11.5 Å². The molecule has 0 N–H and O–H groups in total. The van der Waals surface area contributed by atoms with Crippen LogP contribution < -0.4 is 4.90 Å². The number of nitrogens with zero attached hydrogens (tertiary/aromatic N) is 3. The van der Waals surface area contributed by atoms with Gasteiger partial charge in [0.2, 0.25) is 0 Å². The summed E-state index contributed by atoms with van der Waals surface area (Å²) in [5.74, 6) is 1.16. The Labute approximate surface area is 108 Å². The molecule has 2 rings (SSSR count). The molecule has 0 radical (unpaired) electrons. The molecule has 0 amide bonds. The van der Waals surface area contributed by atoms with E-state index in [0.29, 0.717) is 12.4 Å². The van der Waals surface area contributed by atoms with E-state index in [0.717, 1.165) is 5.76 Å². The zero-order valence-electron chi connectivity index (χ0n) is 9.54. The summed E-state index contributed by atoms with van der Waals surface area (Å²) < 4.78 is 5.20. The highest BCUT2D eigenvalue weighted by molar-refractivity contribution is 6.29. The van der Waals surface area contributed by atoms with Crippen molar-refractivity contribution >= 4 is 23.1 Å². The first-order valence-corrected chi connectivity index (χ1v) is 5.49. The average Bonchev–Trinajstić information content (AvgIpc) is 2.80. The first-order valence-electron chi connectivity index (χ1n) is 5.12. The summed E-state index contributed by atoms with van der Waals surface area (Å²) in [7, 11) is 1.75. The molecule has 2 aromatic heterocycles. The summed E-state index contributed by atoms with van der Waals surface area (Å²) >= 11 is 5.75. The fourth-order valence-corrected chi connectivity index (χ4v) is 1.69. The van der Waals surface area contributed by atoms with Crippen LogP contribution in [0.3, 0.4) is 0 Å². The van der Waals surface area contributed by atoms with E-state index in [9.17, 15) is 10.1 Å². The van der Waals surface area contributed by atoms with Crippen LogP contribution in [0, 0.1) is 10.1 Å². The predicted molar refractivity (Wildman–Crippen MR) is 66.7 cm³/mol. The van der Waals surface area contributed by atoms with Crippen LogP contribution in [0.25, 0.3) is 0 Å². The van der Waals surface area contributed by atoms with Crippen molar-refractivity contribution in [2.45, 2.75) is 6.54 Å². The molecule has 2 aromatic rings. The highest BCUT2D eigenvalue weighted by atomic mass is 35.5. The lowest BCUT2D eigenvalue weighted by Crippen LogP contribution is -2.17. The number of hydrogen-bond donors (Lipinski definition) is 0. The molecule has 0 aromatic carbocycles. The van der Waals surface area contributed by atoms with E-state index < -0.39 is 4.92 Å². The molecule has 0 saturated carbocycles. The number of anilines is 1. The van der Waals surface area contributed by atoms with Gasteiger partial charge >= 0.3 is 0 Å². The summed E-state index contributed by atoms with van der Waals surface area (Å²) in [6.07, 6.45) is 1.57. The predicted octanol–water partition coefficient (Wildman–Crippen LogP) is 2.87. The van der Waals surface area contributed by atoms with E-state index in [-0.39, 0.29) is 10.8 Å². The van der Waals surface area contributed by atoms with Crippen molar-refractivity contribution in [3.8, 4) is 0 Å². The van der Waals surface area contributed by atoms with Crippen molar-refractivity contribution in [3.05, 3.63) is 51.6 Å². The Balaban J connectivity index is 2.24. The molecule has 0 aliphatic carbocycles. The summed E-state index contributed by atoms with van der Waals surface area (Å²) in [6.45, 7) is 0.456. The molecule has 0 fully saturated rings. The van der Waals surface area contributed by atoms with Gasteiger partial charge in [0.05, 0.1) is 29.9 Å². The van der Waals surface area contributed by atoms with E-state index in [4.69, 9.17) is 16.0 Å². The molecule has 0 atom stereocenters. The van der Waals surface area contributed by atoms with E-state index in [1.807, 2.05) is 6.07 Å². The van der Waals surface area contributed by atoms with Gasteiger partial charge in [0.15, 0.2) is 0 Å². The van der Waals surface area contributed by atoms with Crippen LogP contribution in [-0.2, 0) is 6.54 Å². The van der Waals surface area contributed by atoms with Gasteiger partial charge < -0.3 is 9.32 Å². The van der Waals surface area contributed by atoms with Crippen LogP contribution >= 0.6 is 11.6 Å². The molecule has 6 nitrogen and oxygen atoms in total.